The van der Waals surface area contributed by atoms with E-state index < -0.39 is 6.10 Å². The molecule has 1 heterocycles. The molecular weight excluding hydrogens is 236 g/mol. The molecule has 1 aromatic carbocycles. The molecule has 0 saturated heterocycles. The smallest absolute Gasteiger partial charge is 0.0957 e. The number of nitrogens with zero attached hydrogens (tertiary/aromatic N) is 2. The lowest BCUT2D eigenvalue weighted by atomic mass is 10.1. The van der Waals surface area contributed by atoms with Gasteiger partial charge in [0.05, 0.1) is 23.7 Å². The van der Waals surface area contributed by atoms with Crippen LogP contribution in [0.3, 0.4) is 0 Å². The van der Waals surface area contributed by atoms with E-state index in [0.29, 0.717) is 6.42 Å². The molecule has 0 saturated carbocycles. The number of pyridine rings is 1. The Bertz CT molecular complexity index is 519. The molecule has 3 nitrogen and oxygen atoms in total. The van der Waals surface area contributed by atoms with Gasteiger partial charge in [-0.25, -0.2) is 0 Å². The lowest BCUT2D eigenvalue weighted by Gasteiger charge is -2.20. The maximum Gasteiger partial charge on any atom is 0.0957 e. The molecule has 1 atom stereocenters. The fourth-order valence-electron chi connectivity index (χ4n) is 1.92. The molecule has 19 heavy (non-hydrogen) atoms. The Morgan fingerprint density at radius 1 is 1.11 bits per heavy atom. The summed E-state index contributed by atoms with van der Waals surface area (Å²) < 4.78 is 0. The van der Waals surface area contributed by atoms with E-state index in [1.54, 1.807) is 6.20 Å². The molecule has 0 radical (unpaired) electrons. The summed E-state index contributed by atoms with van der Waals surface area (Å²) in [7, 11) is 2.01. The van der Waals surface area contributed by atoms with Crippen LogP contribution < -0.4 is 4.90 Å². The zero-order valence-corrected chi connectivity index (χ0v) is 11.7. The van der Waals surface area contributed by atoms with Crippen molar-refractivity contribution in [1.82, 2.24) is 4.98 Å². The number of anilines is 2. The summed E-state index contributed by atoms with van der Waals surface area (Å²) in [4.78, 5) is 6.40. The molecule has 1 aromatic heterocycles. The van der Waals surface area contributed by atoms with E-state index in [0.717, 1.165) is 17.1 Å². The first-order valence-electron chi connectivity index (χ1n) is 6.56. The summed E-state index contributed by atoms with van der Waals surface area (Å²) in [6.07, 6.45) is 2.01. The SMILES string of the molecule is CC[C@H](O)c1ccc(N(C)c2ccc(C)cc2)cn1. The molecule has 0 fully saturated rings. The minimum atomic E-state index is -0.473. The van der Waals surface area contributed by atoms with Crippen LogP contribution in [-0.4, -0.2) is 17.1 Å². The molecule has 0 unspecified atom stereocenters. The Kier molecular flexibility index (Phi) is 4.17. The van der Waals surface area contributed by atoms with Gasteiger partial charge in [0.2, 0.25) is 0 Å². The molecule has 2 rings (SSSR count). The summed E-state index contributed by atoms with van der Waals surface area (Å²) in [5.41, 5.74) is 4.10. The second-order valence-electron chi connectivity index (χ2n) is 4.76. The van der Waals surface area contributed by atoms with Crippen LogP contribution in [0.2, 0.25) is 0 Å². The normalized spacial score (nSPS) is 12.2. The van der Waals surface area contributed by atoms with Crippen molar-refractivity contribution in [2.45, 2.75) is 26.4 Å². The Morgan fingerprint density at radius 2 is 1.74 bits per heavy atom. The topological polar surface area (TPSA) is 36.4 Å². The lowest BCUT2D eigenvalue weighted by molar-refractivity contribution is 0.169. The van der Waals surface area contributed by atoms with Crippen molar-refractivity contribution in [1.29, 1.82) is 0 Å². The minimum Gasteiger partial charge on any atom is -0.387 e. The molecular formula is C16H20N2O. The minimum absolute atomic E-state index is 0.473. The van der Waals surface area contributed by atoms with Gasteiger partial charge >= 0.3 is 0 Å². The third-order valence-electron chi connectivity index (χ3n) is 3.31. The molecule has 0 amide bonds. The standard InChI is InChI=1S/C16H20N2O/c1-4-16(19)15-10-9-14(11-17-15)18(3)13-7-5-12(2)6-8-13/h5-11,16,19H,4H2,1-3H3/t16-/m0/s1. The maximum atomic E-state index is 9.73. The summed E-state index contributed by atoms with van der Waals surface area (Å²) in [5.74, 6) is 0. The summed E-state index contributed by atoms with van der Waals surface area (Å²) in [5, 5.41) is 9.73. The number of aryl methyl sites for hydroxylation is 1. The average molecular weight is 256 g/mol. The Labute approximate surface area is 114 Å². The average Bonchev–Trinajstić information content (AvgIpc) is 2.46. The van der Waals surface area contributed by atoms with E-state index in [-0.39, 0.29) is 0 Å². The van der Waals surface area contributed by atoms with Crippen LogP contribution in [0.25, 0.3) is 0 Å². The number of hydrogen-bond donors (Lipinski definition) is 1. The van der Waals surface area contributed by atoms with E-state index >= 15 is 0 Å². The zero-order chi connectivity index (χ0) is 13.8. The van der Waals surface area contributed by atoms with Crippen molar-refractivity contribution in [2.24, 2.45) is 0 Å². The van der Waals surface area contributed by atoms with E-state index in [1.807, 2.05) is 26.1 Å². The lowest BCUT2D eigenvalue weighted by Crippen LogP contribution is -2.10. The number of benzene rings is 1. The summed E-state index contributed by atoms with van der Waals surface area (Å²) in [6.45, 7) is 4.02. The van der Waals surface area contributed by atoms with Crippen molar-refractivity contribution >= 4 is 11.4 Å². The summed E-state index contributed by atoms with van der Waals surface area (Å²) >= 11 is 0. The first kappa shape index (κ1) is 13.6. The highest BCUT2D eigenvalue weighted by Gasteiger charge is 2.08. The predicted molar refractivity (Wildman–Crippen MR) is 78.7 cm³/mol. The third-order valence-corrected chi connectivity index (χ3v) is 3.31. The largest absolute Gasteiger partial charge is 0.387 e. The zero-order valence-electron chi connectivity index (χ0n) is 11.7. The second-order valence-corrected chi connectivity index (χ2v) is 4.76. The van der Waals surface area contributed by atoms with Gasteiger partial charge in [0.15, 0.2) is 0 Å². The number of hydrogen-bond acceptors (Lipinski definition) is 3. The highest BCUT2D eigenvalue weighted by molar-refractivity contribution is 5.61. The molecule has 1 N–H and O–H groups in total. The van der Waals surface area contributed by atoms with Crippen LogP contribution in [0, 0.1) is 6.92 Å². The molecule has 2 aromatic rings. The monoisotopic (exact) mass is 256 g/mol. The van der Waals surface area contributed by atoms with Gasteiger partial charge in [0.1, 0.15) is 0 Å². The van der Waals surface area contributed by atoms with Gasteiger partial charge < -0.3 is 10.0 Å². The van der Waals surface area contributed by atoms with Crippen molar-refractivity contribution < 1.29 is 5.11 Å². The van der Waals surface area contributed by atoms with E-state index in [4.69, 9.17) is 0 Å². The van der Waals surface area contributed by atoms with Gasteiger partial charge in [0.25, 0.3) is 0 Å². The predicted octanol–water partition coefficient (Wildman–Crippen LogP) is 3.60. The van der Waals surface area contributed by atoms with Crippen molar-refractivity contribution in [3.8, 4) is 0 Å². The Balaban J connectivity index is 2.19. The van der Waals surface area contributed by atoms with Crippen LogP contribution >= 0.6 is 0 Å². The number of aliphatic hydroxyl groups excluding tert-OH is 1. The molecule has 0 aliphatic carbocycles. The molecule has 0 aliphatic rings. The fraction of sp³-hybridized carbons (Fsp3) is 0.312. The molecule has 0 aliphatic heterocycles. The number of aliphatic hydroxyl groups is 1. The second kappa shape index (κ2) is 5.85. The maximum absolute atomic E-state index is 9.73. The van der Waals surface area contributed by atoms with Crippen LogP contribution in [-0.2, 0) is 0 Å². The number of rotatable bonds is 4. The third kappa shape index (κ3) is 3.12. The van der Waals surface area contributed by atoms with Crippen molar-refractivity contribution in [2.75, 3.05) is 11.9 Å². The first-order chi connectivity index (χ1) is 9.11. The first-order valence-corrected chi connectivity index (χ1v) is 6.56. The van der Waals surface area contributed by atoms with Gasteiger partial charge in [-0.1, -0.05) is 24.6 Å². The highest BCUT2D eigenvalue weighted by atomic mass is 16.3. The van der Waals surface area contributed by atoms with Gasteiger partial charge in [-0.15, -0.1) is 0 Å². The Hall–Kier alpha value is -1.87. The molecule has 0 bridgehead atoms. The highest BCUT2D eigenvalue weighted by Crippen LogP contribution is 2.24. The molecule has 3 heteroatoms. The van der Waals surface area contributed by atoms with Crippen LogP contribution in [0.1, 0.15) is 30.7 Å². The van der Waals surface area contributed by atoms with Crippen molar-refractivity contribution in [3.63, 3.8) is 0 Å². The van der Waals surface area contributed by atoms with Gasteiger partial charge in [-0.2, -0.15) is 0 Å². The van der Waals surface area contributed by atoms with Gasteiger partial charge in [0, 0.05) is 12.7 Å². The van der Waals surface area contributed by atoms with Crippen LogP contribution in [0.5, 0.6) is 0 Å². The van der Waals surface area contributed by atoms with E-state index in [9.17, 15) is 5.11 Å². The van der Waals surface area contributed by atoms with Crippen LogP contribution in [0.15, 0.2) is 42.6 Å². The van der Waals surface area contributed by atoms with Crippen LogP contribution in [0.4, 0.5) is 11.4 Å². The van der Waals surface area contributed by atoms with E-state index in [2.05, 4.69) is 41.1 Å². The molecule has 0 spiro atoms. The molecule has 100 valence electrons. The van der Waals surface area contributed by atoms with Gasteiger partial charge in [-0.3, -0.25) is 4.98 Å². The van der Waals surface area contributed by atoms with E-state index in [1.165, 1.54) is 5.56 Å². The number of aromatic nitrogens is 1. The Morgan fingerprint density at radius 3 is 2.26 bits per heavy atom. The van der Waals surface area contributed by atoms with Gasteiger partial charge in [-0.05, 0) is 37.6 Å². The quantitative estimate of drug-likeness (QED) is 0.908. The fourth-order valence-corrected chi connectivity index (χ4v) is 1.92. The van der Waals surface area contributed by atoms with Crippen molar-refractivity contribution in [3.05, 3.63) is 53.9 Å². The summed E-state index contributed by atoms with van der Waals surface area (Å²) in [6, 6.07) is 12.2.